The van der Waals surface area contributed by atoms with Crippen molar-refractivity contribution in [2.45, 2.75) is 32.2 Å². The van der Waals surface area contributed by atoms with Gasteiger partial charge >= 0.3 is 0 Å². The van der Waals surface area contributed by atoms with Gasteiger partial charge in [-0.1, -0.05) is 69.3 Å². The number of pyridine rings is 1. The molecule has 5 rings (SSSR count). The molecule has 2 aromatic carbocycles. The summed E-state index contributed by atoms with van der Waals surface area (Å²) in [5.74, 6) is 0.691. The van der Waals surface area contributed by atoms with Crippen molar-refractivity contribution in [2.75, 3.05) is 24.5 Å². The fraction of sp³-hybridized carbons (Fsp3) is 0.300. The van der Waals surface area contributed by atoms with Crippen LogP contribution < -0.4 is 15.8 Å². The van der Waals surface area contributed by atoms with E-state index in [2.05, 4.69) is 84.5 Å². The number of aromatic nitrogens is 3. The summed E-state index contributed by atoms with van der Waals surface area (Å²) in [5, 5.41) is 3.63. The van der Waals surface area contributed by atoms with Crippen LogP contribution in [0.25, 0.3) is 22.4 Å². The Bertz CT molecular complexity index is 1390. The van der Waals surface area contributed by atoms with Crippen LogP contribution >= 0.6 is 0 Å². The quantitative estimate of drug-likeness (QED) is 0.448. The van der Waals surface area contributed by atoms with Crippen LogP contribution in [-0.2, 0) is 12.5 Å². The van der Waals surface area contributed by atoms with Crippen molar-refractivity contribution in [3.8, 4) is 22.4 Å². The summed E-state index contributed by atoms with van der Waals surface area (Å²) in [6.07, 6.45) is 3.44. The van der Waals surface area contributed by atoms with Gasteiger partial charge in [-0.2, -0.15) is 0 Å². The van der Waals surface area contributed by atoms with Crippen LogP contribution in [0.4, 0.5) is 5.95 Å². The van der Waals surface area contributed by atoms with Gasteiger partial charge in [-0.3, -0.25) is 14.3 Å². The molecular formula is C30H33N5O. The first-order chi connectivity index (χ1) is 17.3. The molecule has 6 nitrogen and oxygen atoms in total. The summed E-state index contributed by atoms with van der Waals surface area (Å²) >= 11 is 0. The molecule has 2 aromatic heterocycles. The predicted octanol–water partition coefficient (Wildman–Crippen LogP) is 4.96. The Balaban J connectivity index is 1.36. The van der Waals surface area contributed by atoms with E-state index in [4.69, 9.17) is 4.98 Å². The van der Waals surface area contributed by atoms with E-state index >= 15 is 0 Å². The molecule has 1 fully saturated rings. The third-order valence-corrected chi connectivity index (χ3v) is 6.94. The first kappa shape index (κ1) is 23.9. The average molecular weight is 480 g/mol. The maximum absolute atomic E-state index is 12.7. The summed E-state index contributed by atoms with van der Waals surface area (Å²) in [6.45, 7) is 9.05. The van der Waals surface area contributed by atoms with Gasteiger partial charge in [-0.05, 0) is 39.8 Å². The highest BCUT2D eigenvalue weighted by Crippen LogP contribution is 2.28. The molecule has 184 valence electrons. The second kappa shape index (κ2) is 9.70. The van der Waals surface area contributed by atoms with Crippen LogP contribution in [0.2, 0.25) is 0 Å². The summed E-state index contributed by atoms with van der Waals surface area (Å²) in [6, 6.07) is 23.2. The number of piperazine rings is 1. The Labute approximate surface area is 212 Å². The zero-order chi connectivity index (χ0) is 25.3. The number of hydrogen-bond donors (Lipinski definition) is 1. The smallest absolute Gasteiger partial charge is 0.255 e. The molecule has 0 saturated carbocycles. The summed E-state index contributed by atoms with van der Waals surface area (Å²) in [5.41, 5.74) is 6.64. The van der Waals surface area contributed by atoms with Gasteiger partial charge in [0.05, 0.1) is 5.69 Å². The molecular weight excluding hydrogens is 446 g/mol. The van der Waals surface area contributed by atoms with Crippen LogP contribution in [0.15, 0.2) is 83.9 Å². The van der Waals surface area contributed by atoms with Crippen LogP contribution in [0, 0.1) is 0 Å². The molecule has 6 heteroatoms. The Morgan fingerprint density at radius 1 is 0.889 bits per heavy atom. The van der Waals surface area contributed by atoms with Gasteiger partial charge in [0.1, 0.15) is 0 Å². The zero-order valence-corrected chi connectivity index (χ0v) is 21.4. The van der Waals surface area contributed by atoms with Gasteiger partial charge < -0.3 is 10.2 Å². The SMILES string of the molecule is Cn1c(N2CCN[C@@H](c3ccc(-c4ccc(C(C)(C)C)cc4)cc3)C2)nc(-c2ccncc2)cc1=O. The van der Waals surface area contributed by atoms with Gasteiger partial charge in [0, 0.05) is 56.7 Å². The predicted molar refractivity (Wildman–Crippen MR) is 146 cm³/mol. The van der Waals surface area contributed by atoms with E-state index in [0.717, 1.165) is 25.2 Å². The molecule has 1 saturated heterocycles. The molecule has 1 aliphatic rings. The molecule has 0 spiro atoms. The van der Waals surface area contributed by atoms with Crippen molar-refractivity contribution in [1.82, 2.24) is 19.9 Å². The molecule has 0 bridgehead atoms. The third kappa shape index (κ3) is 4.95. The van der Waals surface area contributed by atoms with Crippen LogP contribution in [0.1, 0.15) is 37.9 Å². The lowest BCUT2D eigenvalue weighted by Crippen LogP contribution is -2.47. The molecule has 1 aliphatic heterocycles. The number of nitrogens with zero attached hydrogens (tertiary/aromatic N) is 4. The number of hydrogen-bond acceptors (Lipinski definition) is 5. The number of benzene rings is 2. The van der Waals surface area contributed by atoms with E-state index < -0.39 is 0 Å². The highest BCUT2D eigenvalue weighted by atomic mass is 16.1. The molecule has 0 radical (unpaired) electrons. The van der Waals surface area contributed by atoms with Crippen molar-refractivity contribution in [1.29, 1.82) is 0 Å². The highest BCUT2D eigenvalue weighted by Gasteiger charge is 2.24. The molecule has 1 N–H and O–H groups in total. The summed E-state index contributed by atoms with van der Waals surface area (Å²) < 4.78 is 1.64. The summed E-state index contributed by atoms with van der Waals surface area (Å²) in [7, 11) is 1.79. The Morgan fingerprint density at radius 2 is 1.53 bits per heavy atom. The average Bonchev–Trinajstić information content (AvgIpc) is 2.90. The van der Waals surface area contributed by atoms with Gasteiger partial charge in [-0.25, -0.2) is 4.98 Å². The lowest BCUT2D eigenvalue weighted by atomic mass is 9.86. The monoisotopic (exact) mass is 479 g/mol. The fourth-order valence-electron chi connectivity index (χ4n) is 4.71. The first-order valence-corrected chi connectivity index (χ1v) is 12.5. The molecule has 4 aromatic rings. The van der Waals surface area contributed by atoms with Gasteiger partial charge in [0.25, 0.3) is 5.56 Å². The van der Waals surface area contributed by atoms with Crippen molar-refractivity contribution >= 4 is 5.95 Å². The lowest BCUT2D eigenvalue weighted by molar-refractivity contribution is 0.462. The number of rotatable bonds is 4. The molecule has 0 unspecified atom stereocenters. The minimum Gasteiger partial charge on any atom is -0.339 e. The first-order valence-electron chi connectivity index (χ1n) is 12.5. The topological polar surface area (TPSA) is 63.1 Å². The van der Waals surface area contributed by atoms with E-state index in [1.807, 2.05) is 12.1 Å². The van der Waals surface area contributed by atoms with Gasteiger partial charge in [0.15, 0.2) is 0 Å². The van der Waals surface area contributed by atoms with E-state index in [9.17, 15) is 4.79 Å². The second-order valence-corrected chi connectivity index (χ2v) is 10.5. The zero-order valence-electron chi connectivity index (χ0n) is 21.4. The molecule has 0 aliphatic carbocycles. The minimum absolute atomic E-state index is 0.0660. The van der Waals surface area contributed by atoms with E-state index in [1.54, 1.807) is 30.1 Å². The normalized spacial score (nSPS) is 16.2. The molecule has 3 heterocycles. The maximum Gasteiger partial charge on any atom is 0.255 e. The molecule has 1 atom stereocenters. The maximum atomic E-state index is 12.7. The summed E-state index contributed by atoms with van der Waals surface area (Å²) in [4.78, 5) is 23.9. The van der Waals surface area contributed by atoms with Crippen LogP contribution in [0.3, 0.4) is 0 Å². The molecule has 36 heavy (non-hydrogen) atoms. The van der Waals surface area contributed by atoms with Crippen molar-refractivity contribution in [3.63, 3.8) is 0 Å². The van der Waals surface area contributed by atoms with Crippen LogP contribution in [-0.4, -0.2) is 34.2 Å². The van der Waals surface area contributed by atoms with Crippen LogP contribution in [0.5, 0.6) is 0 Å². The van der Waals surface area contributed by atoms with Crippen molar-refractivity contribution in [3.05, 3.63) is 101 Å². The highest BCUT2D eigenvalue weighted by molar-refractivity contribution is 5.64. The van der Waals surface area contributed by atoms with Gasteiger partial charge in [0.2, 0.25) is 5.95 Å². The number of nitrogens with one attached hydrogen (secondary N) is 1. The number of anilines is 1. The second-order valence-electron chi connectivity index (χ2n) is 10.5. The Morgan fingerprint density at radius 3 is 2.17 bits per heavy atom. The fourth-order valence-corrected chi connectivity index (χ4v) is 4.71. The Hall–Kier alpha value is -3.77. The third-order valence-electron chi connectivity index (χ3n) is 6.94. The van der Waals surface area contributed by atoms with Gasteiger partial charge in [-0.15, -0.1) is 0 Å². The standard InChI is InChI=1S/C30H33N5O/c1-30(2,3)25-11-9-22(10-12-25)21-5-7-23(8-6-21)27-20-35(18-17-32-27)29-33-26(19-28(36)34(29)4)24-13-15-31-16-14-24/h5-16,19,27,32H,17-18,20H2,1-4H3/t27-/m1/s1. The van der Waals surface area contributed by atoms with Crippen molar-refractivity contribution < 1.29 is 0 Å². The largest absolute Gasteiger partial charge is 0.339 e. The lowest BCUT2D eigenvalue weighted by Gasteiger charge is -2.35. The minimum atomic E-state index is -0.0660. The molecule has 0 amide bonds. The van der Waals surface area contributed by atoms with E-state index in [1.165, 1.54) is 22.3 Å². The van der Waals surface area contributed by atoms with E-state index in [-0.39, 0.29) is 17.0 Å². The Kier molecular flexibility index (Phi) is 6.46. The van der Waals surface area contributed by atoms with Crippen molar-refractivity contribution in [2.24, 2.45) is 7.05 Å². The van der Waals surface area contributed by atoms with E-state index in [0.29, 0.717) is 11.6 Å².